The van der Waals surface area contributed by atoms with E-state index in [4.69, 9.17) is 13.9 Å². The molecular formula is C22H19N3O4. The summed E-state index contributed by atoms with van der Waals surface area (Å²) in [6.07, 6.45) is 1.66. The van der Waals surface area contributed by atoms with E-state index in [1.165, 1.54) is 7.11 Å². The first-order valence-electron chi connectivity index (χ1n) is 9.02. The standard InChI is InChI=1S/C22H19N3O4/c1-14-6-3-4-7-17(14)28-13-20(26)24-16-12-15(9-10-18(16)27-2)22-25-21-19(29-22)8-5-11-23-21/h3-12H,13H2,1-2H3,(H,24,26). The van der Waals surface area contributed by atoms with Gasteiger partial charge in [0.15, 0.2) is 17.8 Å². The minimum absolute atomic E-state index is 0.120. The number of aromatic nitrogens is 2. The van der Waals surface area contributed by atoms with E-state index < -0.39 is 0 Å². The van der Waals surface area contributed by atoms with E-state index in [1.807, 2.05) is 37.3 Å². The highest BCUT2D eigenvalue weighted by Crippen LogP contribution is 2.31. The molecule has 0 radical (unpaired) electrons. The Kier molecular flexibility index (Phi) is 5.11. The lowest BCUT2D eigenvalue weighted by Gasteiger charge is -2.12. The number of fused-ring (bicyclic) bond motifs is 1. The zero-order chi connectivity index (χ0) is 20.2. The first kappa shape index (κ1) is 18.5. The second-order valence-corrected chi connectivity index (χ2v) is 6.36. The maximum absolute atomic E-state index is 12.4. The quantitative estimate of drug-likeness (QED) is 0.531. The van der Waals surface area contributed by atoms with Crippen molar-refractivity contribution in [1.29, 1.82) is 0 Å². The minimum atomic E-state index is -0.303. The Balaban J connectivity index is 1.53. The van der Waals surface area contributed by atoms with E-state index in [0.29, 0.717) is 39.9 Å². The lowest BCUT2D eigenvalue weighted by molar-refractivity contribution is -0.118. The highest BCUT2D eigenvalue weighted by Gasteiger charge is 2.14. The van der Waals surface area contributed by atoms with Crippen LogP contribution in [0.25, 0.3) is 22.7 Å². The van der Waals surface area contributed by atoms with E-state index >= 15 is 0 Å². The second kappa shape index (κ2) is 8.02. The van der Waals surface area contributed by atoms with Gasteiger partial charge in [-0.2, -0.15) is 4.98 Å². The summed E-state index contributed by atoms with van der Waals surface area (Å²) < 4.78 is 16.7. The molecule has 2 aromatic carbocycles. The molecule has 0 unspecified atom stereocenters. The number of nitrogens with zero attached hydrogens (tertiary/aromatic N) is 2. The van der Waals surface area contributed by atoms with Crippen LogP contribution in [0.15, 0.2) is 65.2 Å². The lowest BCUT2D eigenvalue weighted by Crippen LogP contribution is -2.20. The lowest BCUT2D eigenvalue weighted by atomic mass is 10.2. The number of oxazole rings is 1. The van der Waals surface area contributed by atoms with Gasteiger partial charge in [0.05, 0.1) is 12.8 Å². The van der Waals surface area contributed by atoms with Gasteiger partial charge in [-0.25, -0.2) is 4.98 Å². The molecule has 0 aliphatic rings. The van der Waals surface area contributed by atoms with Crippen molar-refractivity contribution >= 4 is 22.8 Å². The Morgan fingerprint density at radius 1 is 1.10 bits per heavy atom. The molecule has 2 aromatic heterocycles. The van der Waals surface area contributed by atoms with Crippen LogP contribution in [0.2, 0.25) is 0 Å². The second-order valence-electron chi connectivity index (χ2n) is 6.36. The molecule has 2 heterocycles. The number of rotatable bonds is 6. The van der Waals surface area contributed by atoms with Crippen LogP contribution in [0, 0.1) is 6.92 Å². The molecule has 0 aliphatic carbocycles. The number of aryl methyl sites for hydroxylation is 1. The fourth-order valence-corrected chi connectivity index (χ4v) is 2.88. The number of benzene rings is 2. The molecule has 1 amide bonds. The molecule has 0 atom stereocenters. The molecule has 0 spiro atoms. The van der Waals surface area contributed by atoms with Gasteiger partial charge in [-0.1, -0.05) is 18.2 Å². The number of pyridine rings is 1. The number of para-hydroxylation sites is 1. The summed E-state index contributed by atoms with van der Waals surface area (Å²) >= 11 is 0. The van der Waals surface area contributed by atoms with Crippen molar-refractivity contribution in [1.82, 2.24) is 9.97 Å². The van der Waals surface area contributed by atoms with Gasteiger partial charge in [-0.3, -0.25) is 4.79 Å². The molecule has 4 rings (SSSR count). The van der Waals surface area contributed by atoms with Crippen molar-refractivity contribution < 1.29 is 18.7 Å². The molecule has 7 heteroatoms. The van der Waals surface area contributed by atoms with E-state index in [1.54, 1.807) is 30.5 Å². The zero-order valence-corrected chi connectivity index (χ0v) is 16.0. The summed E-state index contributed by atoms with van der Waals surface area (Å²) in [6, 6.07) is 16.4. The van der Waals surface area contributed by atoms with Crippen LogP contribution in [0.3, 0.4) is 0 Å². The van der Waals surface area contributed by atoms with Crippen LogP contribution in [-0.4, -0.2) is 29.6 Å². The summed E-state index contributed by atoms with van der Waals surface area (Å²) in [6.45, 7) is 1.81. The largest absolute Gasteiger partial charge is 0.495 e. The Hall–Kier alpha value is -3.87. The smallest absolute Gasteiger partial charge is 0.262 e. The molecule has 1 N–H and O–H groups in total. The summed E-state index contributed by atoms with van der Waals surface area (Å²) in [5.74, 6) is 1.30. The van der Waals surface area contributed by atoms with Crippen LogP contribution in [0.1, 0.15) is 5.56 Å². The van der Waals surface area contributed by atoms with Crippen molar-refractivity contribution in [2.75, 3.05) is 19.0 Å². The normalized spacial score (nSPS) is 10.7. The van der Waals surface area contributed by atoms with Gasteiger partial charge in [0.25, 0.3) is 5.91 Å². The van der Waals surface area contributed by atoms with Crippen molar-refractivity contribution in [3.63, 3.8) is 0 Å². The maximum Gasteiger partial charge on any atom is 0.262 e. The summed E-state index contributed by atoms with van der Waals surface area (Å²) in [5, 5.41) is 2.82. The average molecular weight is 389 g/mol. The van der Waals surface area contributed by atoms with Gasteiger partial charge >= 0.3 is 0 Å². The van der Waals surface area contributed by atoms with Gasteiger partial charge in [0.1, 0.15) is 11.5 Å². The van der Waals surface area contributed by atoms with E-state index in [2.05, 4.69) is 15.3 Å². The van der Waals surface area contributed by atoms with Crippen LogP contribution in [-0.2, 0) is 4.79 Å². The first-order chi connectivity index (χ1) is 14.1. The van der Waals surface area contributed by atoms with Gasteiger partial charge in [0, 0.05) is 11.8 Å². The molecule has 146 valence electrons. The minimum Gasteiger partial charge on any atom is -0.495 e. The SMILES string of the molecule is COc1ccc(-c2nc3ncccc3o2)cc1NC(=O)COc1ccccc1C. The maximum atomic E-state index is 12.4. The molecule has 0 bridgehead atoms. The number of carbonyl (C=O) groups excluding carboxylic acids is 1. The number of nitrogens with one attached hydrogen (secondary N) is 1. The monoisotopic (exact) mass is 389 g/mol. The highest BCUT2D eigenvalue weighted by atomic mass is 16.5. The Morgan fingerprint density at radius 2 is 1.97 bits per heavy atom. The average Bonchev–Trinajstić information content (AvgIpc) is 3.17. The fourth-order valence-electron chi connectivity index (χ4n) is 2.88. The van der Waals surface area contributed by atoms with Crippen molar-refractivity contribution in [2.24, 2.45) is 0 Å². The third-order valence-electron chi connectivity index (χ3n) is 4.34. The highest BCUT2D eigenvalue weighted by molar-refractivity contribution is 5.94. The molecule has 0 fully saturated rings. The number of ether oxygens (including phenoxy) is 2. The van der Waals surface area contributed by atoms with Gasteiger partial charge in [-0.15, -0.1) is 0 Å². The fraction of sp³-hybridized carbons (Fsp3) is 0.136. The molecule has 29 heavy (non-hydrogen) atoms. The van der Waals surface area contributed by atoms with Gasteiger partial charge in [0.2, 0.25) is 5.89 Å². The van der Waals surface area contributed by atoms with Crippen LogP contribution >= 0.6 is 0 Å². The van der Waals surface area contributed by atoms with Crippen LogP contribution in [0.5, 0.6) is 11.5 Å². The number of methoxy groups -OCH3 is 1. The summed E-state index contributed by atoms with van der Waals surface area (Å²) in [5.41, 5.74) is 3.27. The predicted molar refractivity (Wildman–Crippen MR) is 109 cm³/mol. The molecule has 7 nitrogen and oxygen atoms in total. The van der Waals surface area contributed by atoms with Crippen molar-refractivity contribution in [2.45, 2.75) is 6.92 Å². The first-order valence-corrected chi connectivity index (χ1v) is 9.02. The summed E-state index contributed by atoms with van der Waals surface area (Å²) in [7, 11) is 1.54. The molecule has 0 saturated carbocycles. The van der Waals surface area contributed by atoms with Crippen molar-refractivity contribution in [3.05, 3.63) is 66.4 Å². The van der Waals surface area contributed by atoms with Crippen LogP contribution in [0.4, 0.5) is 5.69 Å². The molecular weight excluding hydrogens is 370 g/mol. The number of anilines is 1. The van der Waals surface area contributed by atoms with Gasteiger partial charge < -0.3 is 19.2 Å². The predicted octanol–water partition coefficient (Wildman–Crippen LogP) is 4.22. The van der Waals surface area contributed by atoms with E-state index in [-0.39, 0.29) is 12.5 Å². The zero-order valence-electron chi connectivity index (χ0n) is 16.0. The molecule has 4 aromatic rings. The Bertz CT molecular complexity index is 1140. The van der Waals surface area contributed by atoms with Crippen LogP contribution < -0.4 is 14.8 Å². The topological polar surface area (TPSA) is 86.5 Å². The molecule has 0 aliphatic heterocycles. The summed E-state index contributed by atoms with van der Waals surface area (Å²) in [4.78, 5) is 21.0. The number of hydrogen-bond acceptors (Lipinski definition) is 6. The Morgan fingerprint density at radius 3 is 2.76 bits per heavy atom. The van der Waals surface area contributed by atoms with E-state index in [9.17, 15) is 4.79 Å². The number of carbonyl (C=O) groups is 1. The number of amides is 1. The Labute approximate surface area is 167 Å². The third kappa shape index (κ3) is 4.03. The number of hydrogen-bond donors (Lipinski definition) is 1. The molecule has 0 saturated heterocycles. The third-order valence-corrected chi connectivity index (χ3v) is 4.34. The van der Waals surface area contributed by atoms with Gasteiger partial charge in [-0.05, 0) is 48.9 Å². The van der Waals surface area contributed by atoms with E-state index in [0.717, 1.165) is 5.56 Å². The van der Waals surface area contributed by atoms with Crippen molar-refractivity contribution in [3.8, 4) is 23.0 Å².